The molecule has 0 aliphatic rings. The minimum Gasteiger partial charge on any atom is -0.397 e. The van der Waals surface area contributed by atoms with Crippen molar-refractivity contribution in [2.45, 2.75) is 26.7 Å². The van der Waals surface area contributed by atoms with Gasteiger partial charge in [-0.1, -0.05) is 12.1 Å². The number of nitrogens with one attached hydrogen (secondary N) is 2. The third-order valence-corrected chi connectivity index (χ3v) is 4.24. The number of anilines is 3. The van der Waals surface area contributed by atoms with E-state index in [0.717, 1.165) is 42.9 Å². The average Bonchev–Trinajstić information content (AvgIpc) is 2.71. The van der Waals surface area contributed by atoms with Crippen LogP contribution in [0.25, 0.3) is 0 Å². The summed E-state index contributed by atoms with van der Waals surface area (Å²) in [5, 5.41) is 17.1. The number of methoxy groups -OCH3 is 2. The second-order valence-corrected chi connectivity index (χ2v) is 6.91. The smallest absolute Gasteiger partial charge is 0.292 e. The van der Waals surface area contributed by atoms with Crippen molar-refractivity contribution in [3.05, 3.63) is 57.6 Å². The topological polar surface area (TPSA) is 112 Å². The van der Waals surface area contributed by atoms with Crippen molar-refractivity contribution in [1.82, 2.24) is 0 Å². The van der Waals surface area contributed by atoms with Gasteiger partial charge in [0, 0.05) is 46.6 Å². The summed E-state index contributed by atoms with van der Waals surface area (Å²) in [7, 11) is 3.34. The van der Waals surface area contributed by atoms with Crippen LogP contribution in [0.4, 0.5) is 22.7 Å². The first-order chi connectivity index (χ1) is 14.4. The Labute approximate surface area is 178 Å². The molecule has 0 atom stereocenters. The molecule has 0 bridgehead atoms. The van der Waals surface area contributed by atoms with E-state index in [1.807, 2.05) is 32.0 Å². The van der Waals surface area contributed by atoms with Crippen molar-refractivity contribution >= 4 is 22.7 Å². The van der Waals surface area contributed by atoms with Crippen molar-refractivity contribution < 1.29 is 14.4 Å². The number of hydrogen-bond donors (Lipinski definition) is 3. The predicted molar refractivity (Wildman–Crippen MR) is 123 cm³/mol. The van der Waals surface area contributed by atoms with Crippen molar-refractivity contribution in [2.75, 3.05) is 56.9 Å². The number of benzene rings is 2. The van der Waals surface area contributed by atoms with Crippen LogP contribution < -0.4 is 16.4 Å². The van der Waals surface area contributed by atoms with Crippen molar-refractivity contribution in [1.29, 1.82) is 0 Å². The first-order valence-corrected chi connectivity index (χ1v) is 9.95. The summed E-state index contributed by atoms with van der Waals surface area (Å²) < 4.78 is 9.86. The molecule has 0 heterocycles. The first kappa shape index (κ1) is 25.2. The van der Waals surface area contributed by atoms with E-state index in [1.54, 1.807) is 26.4 Å². The van der Waals surface area contributed by atoms with Crippen LogP contribution in [0.1, 0.15) is 24.0 Å². The highest BCUT2D eigenvalue weighted by molar-refractivity contribution is 5.66. The van der Waals surface area contributed by atoms with Crippen LogP contribution in [0.5, 0.6) is 0 Å². The minimum atomic E-state index is -0.369. The highest BCUT2D eigenvalue weighted by atomic mass is 16.6. The lowest BCUT2D eigenvalue weighted by atomic mass is 10.2. The van der Waals surface area contributed by atoms with Crippen LogP contribution in [0.2, 0.25) is 0 Å². The lowest BCUT2D eigenvalue weighted by Crippen LogP contribution is -2.06. The molecule has 0 amide bonds. The van der Waals surface area contributed by atoms with E-state index in [1.165, 1.54) is 5.56 Å². The number of nitro benzene ring substituents is 1. The van der Waals surface area contributed by atoms with Crippen LogP contribution in [-0.2, 0) is 9.47 Å². The van der Waals surface area contributed by atoms with Crippen LogP contribution in [0.15, 0.2) is 36.4 Å². The van der Waals surface area contributed by atoms with Gasteiger partial charge < -0.3 is 25.8 Å². The van der Waals surface area contributed by atoms with E-state index >= 15 is 0 Å². The summed E-state index contributed by atoms with van der Waals surface area (Å²) in [5.41, 5.74) is 10.4. The van der Waals surface area contributed by atoms with Gasteiger partial charge in [-0.15, -0.1) is 0 Å². The number of nitrogen functional groups attached to an aromatic ring is 1. The van der Waals surface area contributed by atoms with Gasteiger partial charge in [0.25, 0.3) is 5.69 Å². The number of nitro groups is 1. The van der Waals surface area contributed by atoms with Crippen molar-refractivity contribution in [2.24, 2.45) is 0 Å². The number of aryl methyl sites for hydroxylation is 2. The molecular weight excluding hydrogens is 384 g/mol. The molecule has 0 fully saturated rings. The van der Waals surface area contributed by atoms with Crippen molar-refractivity contribution in [3.63, 3.8) is 0 Å². The Kier molecular flexibility index (Phi) is 11.9. The largest absolute Gasteiger partial charge is 0.397 e. The van der Waals surface area contributed by atoms with E-state index in [0.29, 0.717) is 18.8 Å². The standard InChI is InChI=1S/C11H16N2O3.C11H18N2O/c1-9-4-5-10(11(8-9)13(14)15)12-6-3-7-16-2;1-9-4-5-11(10(12)8-9)13-6-3-7-14-2/h4-5,8,12H,3,6-7H2,1-2H3;4-5,8,13H,3,6-7,12H2,1-2H3. The maximum absolute atomic E-state index is 10.8. The molecule has 0 saturated heterocycles. The number of nitrogens with two attached hydrogens (primary N) is 1. The van der Waals surface area contributed by atoms with Crippen LogP contribution in [0, 0.1) is 24.0 Å². The molecule has 0 spiro atoms. The Bertz CT molecular complexity index is 784. The summed E-state index contributed by atoms with van der Waals surface area (Å²) in [6.07, 6.45) is 1.81. The van der Waals surface area contributed by atoms with E-state index in [4.69, 9.17) is 15.2 Å². The maximum atomic E-state index is 10.8. The fourth-order valence-corrected chi connectivity index (χ4v) is 2.66. The van der Waals surface area contributed by atoms with Gasteiger partial charge in [-0.3, -0.25) is 10.1 Å². The van der Waals surface area contributed by atoms with Gasteiger partial charge in [0.1, 0.15) is 5.69 Å². The van der Waals surface area contributed by atoms with Gasteiger partial charge in [0.05, 0.1) is 16.3 Å². The van der Waals surface area contributed by atoms with Crippen LogP contribution in [-0.4, -0.2) is 45.4 Å². The van der Waals surface area contributed by atoms with Gasteiger partial charge in [0.15, 0.2) is 0 Å². The fraction of sp³-hybridized carbons (Fsp3) is 0.455. The van der Waals surface area contributed by atoms with Gasteiger partial charge in [-0.2, -0.15) is 0 Å². The zero-order valence-electron chi connectivity index (χ0n) is 18.4. The Balaban J connectivity index is 0.000000303. The normalized spacial score (nSPS) is 10.1. The fourth-order valence-electron chi connectivity index (χ4n) is 2.66. The molecule has 0 aliphatic carbocycles. The van der Waals surface area contributed by atoms with Gasteiger partial charge in [-0.25, -0.2) is 0 Å². The van der Waals surface area contributed by atoms with Crippen molar-refractivity contribution in [3.8, 4) is 0 Å². The summed E-state index contributed by atoms with van der Waals surface area (Å²) in [4.78, 5) is 10.4. The maximum Gasteiger partial charge on any atom is 0.292 e. The molecule has 8 nitrogen and oxygen atoms in total. The molecule has 166 valence electrons. The molecule has 2 aromatic carbocycles. The summed E-state index contributed by atoms with van der Waals surface area (Å²) in [5.74, 6) is 0. The summed E-state index contributed by atoms with van der Waals surface area (Å²) >= 11 is 0. The molecule has 30 heavy (non-hydrogen) atoms. The molecule has 0 aromatic heterocycles. The van der Waals surface area contributed by atoms with Gasteiger partial charge in [0.2, 0.25) is 0 Å². The predicted octanol–water partition coefficient (Wildman–Crippen LogP) is 4.38. The molecule has 2 rings (SSSR count). The zero-order chi connectivity index (χ0) is 22.4. The Morgan fingerprint density at radius 1 is 0.900 bits per heavy atom. The van der Waals surface area contributed by atoms with Gasteiger partial charge in [-0.05, 0) is 56.0 Å². The Morgan fingerprint density at radius 2 is 1.40 bits per heavy atom. The van der Waals surface area contributed by atoms with E-state index in [9.17, 15) is 10.1 Å². The third-order valence-electron chi connectivity index (χ3n) is 4.24. The third kappa shape index (κ3) is 9.58. The summed E-state index contributed by atoms with van der Waals surface area (Å²) in [6.45, 7) is 6.84. The van der Waals surface area contributed by atoms with E-state index in [2.05, 4.69) is 16.7 Å². The molecule has 0 radical (unpaired) electrons. The number of rotatable bonds is 11. The van der Waals surface area contributed by atoms with Crippen LogP contribution in [0.3, 0.4) is 0 Å². The zero-order valence-corrected chi connectivity index (χ0v) is 18.4. The Hall–Kier alpha value is -2.84. The van der Waals surface area contributed by atoms with Gasteiger partial charge >= 0.3 is 0 Å². The second kappa shape index (κ2) is 14.2. The lowest BCUT2D eigenvalue weighted by molar-refractivity contribution is -0.384. The number of nitrogens with zero attached hydrogens (tertiary/aromatic N) is 1. The Morgan fingerprint density at radius 3 is 1.90 bits per heavy atom. The highest BCUT2D eigenvalue weighted by Crippen LogP contribution is 2.25. The minimum absolute atomic E-state index is 0.123. The SMILES string of the molecule is COCCCNc1ccc(C)cc1N.COCCCNc1ccc(C)cc1[N+](=O)[O-]. The average molecular weight is 419 g/mol. The number of hydrogen-bond acceptors (Lipinski definition) is 7. The lowest BCUT2D eigenvalue weighted by Gasteiger charge is -2.09. The molecule has 0 saturated carbocycles. The molecule has 0 unspecified atom stereocenters. The van der Waals surface area contributed by atoms with E-state index in [-0.39, 0.29) is 10.6 Å². The molecule has 2 aromatic rings. The molecule has 0 aliphatic heterocycles. The quantitative estimate of drug-likeness (QED) is 0.215. The van der Waals surface area contributed by atoms with E-state index < -0.39 is 0 Å². The number of ether oxygens (including phenoxy) is 2. The molecule has 4 N–H and O–H groups in total. The summed E-state index contributed by atoms with van der Waals surface area (Å²) in [6, 6.07) is 11.2. The monoisotopic (exact) mass is 418 g/mol. The highest BCUT2D eigenvalue weighted by Gasteiger charge is 2.12. The second-order valence-electron chi connectivity index (χ2n) is 6.91. The molecule has 8 heteroatoms. The molecular formula is C22H34N4O4. The van der Waals surface area contributed by atoms with Crippen LogP contribution >= 0.6 is 0 Å². The first-order valence-electron chi connectivity index (χ1n) is 9.95.